The first-order valence-electron chi connectivity index (χ1n) is 7.23. The van der Waals surface area contributed by atoms with Gasteiger partial charge in [0.2, 0.25) is 10.0 Å². The van der Waals surface area contributed by atoms with Crippen LogP contribution in [0.4, 0.5) is 0 Å². The Morgan fingerprint density at radius 3 is 2.77 bits per heavy atom. The number of aryl methyl sites for hydroxylation is 1. The lowest BCUT2D eigenvalue weighted by Crippen LogP contribution is -2.50. The van der Waals surface area contributed by atoms with Crippen molar-refractivity contribution in [1.29, 1.82) is 0 Å². The molecule has 1 atom stereocenters. The fourth-order valence-electron chi connectivity index (χ4n) is 2.62. The van der Waals surface area contributed by atoms with E-state index in [1.807, 2.05) is 0 Å². The Balaban J connectivity index is 2.19. The van der Waals surface area contributed by atoms with E-state index >= 15 is 0 Å². The van der Waals surface area contributed by atoms with Gasteiger partial charge in [0.25, 0.3) is 11.5 Å². The lowest BCUT2D eigenvalue weighted by molar-refractivity contribution is 0.0617. The van der Waals surface area contributed by atoms with Gasteiger partial charge in [0.05, 0.1) is 6.26 Å². The zero-order chi connectivity index (χ0) is 16.3. The molecule has 1 amide bonds. The first kappa shape index (κ1) is 16.7. The van der Waals surface area contributed by atoms with Crippen molar-refractivity contribution in [2.24, 2.45) is 0 Å². The molecule has 0 aliphatic carbocycles. The fourth-order valence-corrected chi connectivity index (χ4v) is 3.12. The summed E-state index contributed by atoms with van der Waals surface area (Å²) >= 11 is 0. The molecular formula is C14H21N3O4S. The number of hydrogen-bond donors (Lipinski definition) is 2. The SMILES string of the molecule is Cc1ccc(C(=O)N2CCCCC2CNS(C)(=O)=O)c(=O)[nH]1. The van der Waals surface area contributed by atoms with Gasteiger partial charge in [0.1, 0.15) is 5.56 Å². The number of likely N-dealkylation sites (tertiary alicyclic amines) is 1. The van der Waals surface area contributed by atoms with Crippen molar-refractivity contribution < 1.29 is 13.2 Å². The lowest BCUT2D eigenvalue weighted by atomic mass is 10.0. The van der Waals surface area contributed by atoms with Crippen molar-refractivity contribution in [1.82, 2.24) is 14.6 Å². The van der Waals surface area contributed by atoms with Crippen molar-refractivity contribution in [3.05, 3.63) is 33.7 Å². The average molecular weight is 327 g/mol. The number of carbonyl (C=O) groups is 1. The predicted octanol–water partition coefficient (Wildman–Crippen LogP) is 0.227. The highest BCUT2D eigenvalue weighted by molar-refractivity contribution is 7.88. The van der Waals surface area contributed by atoms with E-state index in [-0.39, 0.29) is 24.1 Å². The molecule has 8 heteroatoms. The molecule has 1 aromatic rings. The van der Waals surface area contributed by atoms with Gasteiger partial charge in [-0.3, -0.25) is 9.59 Å². The predicted molar refractivity (Wildman–Crippen MR) is 83.3 cm³/mol. The normalized spacial score (nSPS) is 19.2. The number of aromatic amines is 1. The summed E-state index contributed by atoms with van der Waals surface area (Å²) in [5.41, 5.74) is 0.373. The number of piperidine rings is 1. The molecule has 1 aliphatic rings. The van der Waals surface area contributed by atoms with Gasteiger partial charge < -0.3 is 9.88 Å². The molecule has 0 aromatic carbocycles. The highest BCUT2D eigenvalue weighted by Gasteiger charge is 2.29. The molecule has 1 aliphatic heterocycles. The van der Waals surface area contributed by atoms with Crippen LogP contribution in [0.3, 0.4) is 0 Å². The van der Waals surface area contributed by atoms with Crippen LogP contribution in [0.2, 0.25) is 0 Å². The van der Waals surface area contributed by atoms with Gasteiger partial charge in [0, 0.05) is 24.8 Å². The van der Waals surface area contributed by atoms with Crippen molar-refractivity contribution in [3.63, 3.8) is 0 Å². The second kappa shape index (κ2) is 6.62. The first-order chi connectivity index (χ1) is 10.3. The average Bonchev–Trinajstić information content (AvgIpc) is 2.44. The maximum Gasteiger partial charge on any atom is 0.260 e. The summed E-state index contributed by atoms with van der Waals surface area (Å²) in [6.07, 6.45) is 3.60. The van der Waals surface area contributed by atoms with Gasteiger partial charge in [0.15, 0.2) is 0 Å². The number of aromatic nitrogens is 1. The number of nitrogens with one attached hydrogen (secondary N) is 2. The van der Waals surface area contributed by atoms with Crippen LogP contribution in [-0.2, 0) is 10.0 Å². The van der Waals surface area contributed by atoms with Gasteiger partial charge in [-0.25, -0.2) is 13.1 Å². The molecule has 2 heterocycles. The minimum Gasteiger partial charge on any atom is -0.334 e. The molecule has 1 saturated heterocycles. The van der Waals surface area contributed by atoms with Crippen molar-refractivity contribution in [2.45, 2.75) is 32.2 Å². The zero-order valence-corrected chi connectivity index (χ0v) is 13.6. The molecule has 0 spiro atoms. The molecule has 1 fully saturated rings. The third-order valence-corrected chi connectivity index (χ3v) is 4.45. The first-order valence-corrected chi connectivity index (χ1v) is 9.12. The second-order valence-electron chi connectivity index (χ2n) is 5.65. The molecule has 0 saturated carbocycles. The van der Waals surface area contributed by atoms with Crippen LogP contribution in [0.1, 0.15) is 35.3 Å². The van der Waals surface area contributed by atoms with E-state index in [1.54, 1.807) is 17.9 Å². The van der Waals surface area contributed by atoms with Crippen LogP contribution in [-0.4, -0.2) is 49.6 Å². The van der Waals surface area contributed by atoms with Crippen LogP contribution in [0.5, 0.6) is 0 Å². The number of rotatable bonds is 4. The van der Waals surface area contributed by atoms with Crippen LogP contribution in [0, 0.1) is 6.92 Å². The molecule has 2 N–H and O–H groups in total. The Labute approximate surface area is 129 Å². The van der Waals surface area contributed by atoms with E-state index in [2.05, 4.69) is 9.71 Å². The molecule has 1 unspecified atom stereocenters. The van der Waals surface area contributed by atoms with Gasteiger partial charge >= 0.3 is 0 Å². The smallest absolute Gasteiger partial charge is 0.260 e. The van der Waals surface area contributed by atoms with Crippen molar-refractivity contribution in [3.8, 4) is 0 Å². The number of sulfonamides is 1. The Hall–Kier alpha value is -1.67. The number of nitrogens with zero attached hydrogens (tertiary/aromatic N) is 1. The summed E-state index contributed by atoms with van der Waals surface area (Å²) in [4.78, 5) is 28.7. The van der Waals surface area contributed by atoms with Crippen molar-refractivity contribution >= 4 is 15.9 Å². The molecular weight excluding hydrogens is 306 g/mol. The molecule has 0 bridgehead atoms. The summed E-state index contributed by atoms with van der Waals surface area (Å²) in [6, 6.07) is 2.98. The Morgan fingerprint density at radius 1 is 1.41 bits per heavy atom. The maximum absolute atomic E-state index is 12.6. The molecule has 7 nitrogen and oxygen atoms in total. The summed E-state index contributed by atoms with van der Waals surface area (Å²) in [5, 5.41) is 0. The molecule has 2 rings (SSSR count). The minimum atomic E-state index is -3.31. The van der Waals surface area contributed by atoms with Crippen LogP contribution < -0.4 is 10.3 Å². The maximum atomic E-state index is 12.6. The lowest BCUT2D eigenvalue weighted by Gasteiger charge is -2.35. The molecule has 122 valence electrons. The number of H-pyrrole nitrogens is 1. The quantitative estimate of drug-likeness (QED) is 0.827. The van der Waals surface area contributed by atoms with E-state index < -0.39 is 15.6 Å². The Kier molecular flexibility index (Phi) is 5.02. The van der Waals surface area contributed by atoms with Gasteiger partial charge in [-0.15, -0.1) is 0 Å². The third kappa shape index (κ3) is 4.17. The summed E-state index contributed by atoms with van der Waals surface area (Å²) in [5.74, 6) is -0.346. The standard InChI is InChI=1S/C14H21N3O4S/c1-10-6-7-12(13(18)16-10)14(19)17-8-4-3-5-11(17)9-15-22(2,20)21/h6-7,11,15H,3-5,8-9H2,1-2H3,(H,16,18). The molecule has 22 heavy (non-hydrogen) atoms. The monoisotopic (exact) mass is 327 g/mol. The number of carbonyl (C=O) groups excluding carboxylic acids is 1. The second-order valence-corrected chi connectivity index (χ2v) is 7.49. The summed E-state index contributed by atoms with van der Waals surface area (Å²) < 4.78 is 24.9. The molecule has 0 radical (unpaired) electrons. The van der Waals surface area contributed by atoms with Crippen LogP contribution in [0.15, 0.2) is 16.9 Å². The summed E-state index contributed by atoms with van der Waals surface area (Å²) in [7, 11) is -3.31. The van der Waals surface area contributed by atoms with Crippen molar-refractivity contribution in [2.75, 3.05) is 19.3 Å². The van der Waals surface area contributed by atoms with E-state index in [0.29, 0.717) is 12.2 Å². The highest BCUT2D eigenvalue weighted by Crippen LogP contribution is 2.18. The zero-order valence-electron chi connectivity index (χ0n) is 12.8. The third-order valence-electron chi connectivity index (χ3n) is 3.75. The largest absolute Gasteiger partial charge is 0.334 e. The van der Waals surface area contributed by atoms with Gasteiger partial charge in [-0.2, -0.15) is 0 Å². The van der Waals surface area contributed by atoms with Crippen LogP contribution >= 0.6 is 0 Å². The van der Waals surface area contributed by atoms with E-state index in [0.717, 1.165) is 25.5 Å². The Bertz CT molecular complexity index is 711. The number of pyridine rings is 1. The van der Waals surface area contributed by atoms with E-state index in [9.17, 15) is 18.0 Å². The van der Waals surface area contributed by atoms with Gasteiger partial charge in [-0.05, 0) is 38.3 Å². The van der Waals surface area contributed by atoms with Crippen LogP contribution in [0.25, 0.3) is 0 Å². The Morgan fingerprint density at radius 2 is 2.14 bits per heavy atom. The van der Waals surface area contributed by atoms with Gasteiger partial charge in [-0.1, -0.05) is 0 Å². The number of hydrogen-bond acceptors (Lipinski definition) is 4. The van der Waals surface area contributed by atoms with E-state index in [4.69, 9.17) is 0 Å². The fraction of sp³-hybridized carbons (Fsp3) is 0.571. The minimum absolute atomic E-state index is 0.0943. The highest BCUT2D eigenvalue weighted by atomic mass is 32.2. The topological polar surface area (TPSA) is 99.3 Å². The molecule has 1 aromatic heterocycles. The number of amides is 1. The van der Waals surface area contributed by atoms with E-state index in [1.165, 1.54) is 6.07 Å². The summed E-state index contributed by atoms with van der Waals surface area (Å²) in [6.45, 7) is 2.45.